The maximum Gasteiger partial charge on any atom is 0.223 e. The molecule has 142 valence electrons. The lowest BCUT2D eigenvalue weighted by Crippen LogP contribution is -2.41. The molecular formula is C21H29NO4. The van der Waals surface area contributed by atoms with E-state index in [1.807, 2.05) is 29.2 Å². The molecule has 0 atom stereocenters. The normalized spacial score (nSPS) is 19.0. The minimum Gasteiger partial charge on any atom is -0.350 e. The van der Waals surface area contributed by atoms with Crippen LogP contribution in [0.4, 0.5) is 0 Å². The third-order valence-electron chi connectivity index (χ3n) is 5.31. The summed E-state index contributed by atoms with van der Waals surface area (Å²) in [6, 6.07) is 7.78. The van der Waals surface area contributed by atoms with E-state index >= 15 is 0 Å². The molecule has 0 spiro atoms. The monoisotopic (exact) mass is 359 g/mol. The number of amides is 1. The molecule has 26 heavy (non-hydrogen) atoms. The number of aryl methyl sites for hydroxylation is 1. The molecule has 2 saturated heterocycles. The molecule has 1 aromatic rings. The number of rotatable bonds is 7. The van der Waals surface area contributed by atoms with E-state index in [9.17, 15) is 9.59 Å². The highest BCUT2D eigenvalue weighted by Gasteiger charge is 2.31. The zero-order chi connectivity index (χ0) is 18.4. The summed E-state index contributed by atoms with van der Waals surface area (Å²) in [6.07, 6.45) is 4.41. The fourth-order valence-corrected chi connectivity index (χ4v) is 3.74. The highest BCUT2D eigenvalue weighted by atomic mass is 16.7. The van der Waals surface area contributed by atoms with Crippen LogP contribution in [0.3, 0.4) is 0 Å². The van der Waals surface area contributed by atoms with Crippen molar-refractivity contribution in [3.63, 3.8) is 0 Å². The van der Waals surface area contributed by atoms with E-state index in [4.69, 9.17) is 9.47 Å². The zero-order valence-electron chi connectivity index (χ0n) is 15.6. The van der Waals surface area contributed by atoms with Gasteiger partial charge in [0.05, 0.1) is 13.2 Å². The van der Waals surface area contributed by atoms with E-state index in [0.29, 0.717) is 24.7 Å². The van der Waals surface area contributed by atoms with Crippen molar-refractivity contribution in [1.29, 1.82) is 0 Å². The Bertz CT molecular complexity index is 599. The standard InChI is InChI=1S/C21H29NO4/c1-2-3-16-4-6-17(7-5-16)19(23)8-9-20(24)22-12-10-18(11-13-22)21-25-14-15-26-21/h4-7,18,21H,2-3,8-15H2,1H3. The molecule has 2 aliphatic heterocycles. The SMILES string of the molecule is CCCc1ccc(C(=O)CCC(=O)N2CCC(C3OCCO3)CC2)cc1. The highest BCUT2D eigenvalue weighted by molar-refractivity contribution is 5.98. The summed E-state index contributed by atoms with van der Waals surface area (Å²) >= 11 is 0. The number of piperidine rings is 1. The maximum absolute atomic E-state index is 12.4. The first-order valence-corrected chi connectivity index (χ1v) is 9.80. The molecule has 2 aliphatic rings. The van der Waals surface area contributed by atoms with Crippen molar-refractivity contribution in [1.82, 2.24) is 4.90 Å². The molecule has 1 amide bonds. The first-order chi connectivity index (χ1) is 12.7. The molecule has 5 heteroatoms. The summed E-state index contributed by atoms with van der Waals surface area (Å²) in [5, 5.41) is 0. The second-order valence-corrected chi connectivity index (χ2v) is 7.20. The number of nitrogens with zero attached hydrogens (tertiary/aromatic N) is 1. The Hall–Kier alpha value is -1.72. The smallest absolute Gasteiger partial charge is 0.223 e. The van der Waals surface area contributed by atoms with Crippen molar-refractivity contribution in [2.75, 3.05) is 26.3 Å². The van der Waals surface area contributed by atoms with E-state index in [1.54, 1.807) is 0 Å². The van der Waals surface area contributed by atoms with E-state index in [2.05, 4.69) is 6.92 Å². The number of ketones is 1. The second-order valence-electron chi connectivity index (χ2n) is 7.20. The van der Waals surface area contributed by atoms with Gasteiger partial charge in [-0.25, -0.2) is 0 Å². The van der Waals surface area contributed by atoms with Crippen molar-refractivity contribution in [2.24, 2.45) is 5.92 Å². The molecule has 0 aromatic heterocycles. The lowest BCUT2D eigenvalue weighted by molar-refractivity contribution is -0.136. The Labute approximate surface area is 155 Å². The molecule has 2 fully saturated rings. The van der Waals surface area contributed by atoms with Crippen LogP contribution in [0.2, 0.25) is 0 Å². The summed E-state index contributed by atoms with van der Waals surface area (Å²) in [7, 11) is 0. The molecule has 5 nitrogen and oxygen atoms in total. The molecule has 0 unspecified atom stereocenters. The minimum absolute atomic E-state index is 0.0454. The number of Topliss-reactive ketones (excluding diaryl/α,β-unsaturated/α-hetero) is 1. The summed E-state index contributed by atoms with van der Waals surface area (Å²) in [4.78, 5) is 26.6. The molecule has 0 saturated carbocycles. The van der Waals surface area contributed by atoms with Crippen molar-refractivity contribution in [3.05, 3.63) is 35.4 Å². The third kappa shape index (κ3) is 4.92. The first kappa shape index (κ1) is 19.1. The average molecular weight is 359 g/mol. The maximum atomic E-state index is 12.4. The van der Waals surface area contributed by atoms with Gasteiger partial charge in [-0.15, -0.1) is 0 Å². The van der Waals surface area contributed by atoms with Crippen LogP contribution in [0.15, 0.2) is 24.3 Å². The van der Waals surface area contributed by atoms with Gasteiger partial charge in [-0.2, -0.15) is 0 Å². The number of benzene rings is 1. The lowest BCUT2D eigenvalue weighted by Gasteiger charge is -2.33. The predicted molar refractivity (Wildman–Crippen MR) is 99.0 cm³/mol. The fraction of sp³-hybridized carbons (Fsp3) is 0.619. The number of ether oxygens (including phenoxy) is 2. The summed E-state index contributed by atoms with van der Waals surface area (Å²) < 4.78 is 11.1. The van der Waals surface area contributed by atoms with E-state index in [1.165, 1.54) is 5.56 Å². The number of carbonyl (C=O) groups excluding carboxylic acids is 2. The highest BCUT2D eigenvalue weighted by Crippen LogP contribution is 2.26. The van der Waals surface area contributed by atoms with Gasteiger partial charge < -0.3 is 14.4 Å². The van der Waals surface area contributed by atoms with E-state index < -0.39 is 0 Å². The second kappa shape index (κ2) is 9.28. The summed E-state index contributed by atoms with van der Waals surface area (Å²) in [6.45, 7) is 4.94. The van der Waals surface area contributed by atoms with E-state index in [-0.39, 0.29) is 30.8 Å². The Balaban J connectivity index is 1.41. The van der Waals surface area contributed by atoms with Gasteiger partial charge >= 0.3 is 0 Å². The van der Waals surface area contributed by atoms with Gasteiger partial charge in [0.2, 0.25) is 5.91 Å². The lowest BCUT2D eigenvalue weighted by atomic mass is 9.95. The molecule has 2 heterocycles. The van der Waals surface area contributed by atoms with Crippen LogP contribution >= 0.6 is 0 Å². The van der Waals surface area contributed by atoms with Crippen molar-refractivity contribution in [2.45, 2.75) is 51.7 Å². The Morgan fingerprint density at radius 2 is 1.69 bits per heavy atom. The van der Waals surface area contributed by atoms with Crippen molar-refractivity contribution < 1.29 is 19.1 Å². The van der Waals surface area contributed by atoms with Crippen molar-refractivity contribution in [3.8, 4) is 0 Å². The minimum atomic E-state index is -0.0930. The molecule has 0 bridgehead atoms. The van der Waals surface area contributed by atoms with Gasteiger partial charge in [0, 0.05) is 37.4 Å². The van der Waals surface area contributed by atoms with Crippen LogP contribution in [0.1, 0.15) is 54.9 Å². The first-order valence-electron chi connectivity index (χ1n) is 9.80. The molecule has 1 aromatic carbocycles. The number of likely N-dealkylation sites (tertiary alicyclic amines) is 1. The van der Waals surface area contributed by atoms with Crippen LogP contribution in [0.5, 0.6) is 0 Å². The number of carbonyl (C=O) groups is 2. The molecule has 0 aliphatic carbocycles. The van der Waals surface area contributed by atoms with Gasteiger partial charge in [0.1, 0.15) is 0 Å². The van der Waals surface area contributed by atoms with Crippen LogP contribution in [-0.4, -0.2) is 49.2 Å². The molecular weight excluding hydrogens is 330 g/mol. The van der Waals surface area contributed by atoms with Gasteiger partial charge in [0.15, 0.2) is 12.1 Å². The average Bonchev–Trinajstić information content (AvgIpc) is 3.21. The predicted octanol–water partition coefficient (Wildman–Crippen LogP) is 3.21. The number of hydrogen-bond donors (Lipinski definition) is 0. The number of hydrogen-bond acceptors (Lipinski definition) is 4. The summed E-state index contributed by atoms with van der Waals surface area (Å²) in [5.74, 6) is 0.501. The molecule has 0 N–H and O–H groups in total. The van der Waals surface area contributed by atoms with Gasteiger partial charge in [-0.3, -0.25) is 9.59 Å². The Morgan fingerprint density at radius 1 is 1.04 bits per heavy atom. The largest absolute Gasteiger partial charge is 0.350 e. The van der Waals surface area contributed by atoms with Crippen molar-refractivity contribution >= 4 is 11.7 Å². The summed E-state index contributed by atoms with van der Waals surface area (Å²) in [5.41, 5.74) is 1.95. The quantitative estimate of drug-likeness (QED) is 0.702. The van der Waals surface area contributed by atoms with Crippen LogP contribution in [0.25, 0.3) is 0 Å². The van der Waals surface area contributed by atoms with Gasteiger partial charge in [-0.05, 0) is 24.8 Å². The Kier molecular flexibility index (Phi) is 6.80. The molecule has 3 rings (SSSR count). The van der Waals surface area contributed by atoms with E-state index in [0.717, 1.165) is 38.8 Å². The third-order valence-corrected chi connectivity index (χ3v) is 5.31. The molecule has 0 radical (unpaired) electrons. The fourth-order valence-electron chi connectivity index (χ4n) is 3.74. The van der Waals surface area contributed by atoms with Gasteiger partial charge in [-0.1, -0.05) is 37.6 Å². The van der Waals surface area contributed by atoms with Crippen LogP contribution in [-0.2, 0) is 20.7 Å². The van der Waals surface area contributed by atoms with Crippen LogP contribution < -0.4 is 0 Å². The van der Waals surface area contributed by atoms with Gasteiger partial charge in [0.25, 0.3) is 0 Å². The Morgan fingerprint density at radius 3 is 2.31 bits per heavy atom. The zero-order valence-corrected chi connectivity index (χ0v) is 15.6. The van der Waals surface area contributed by atoms with Crippen LogP contribution in [0, 0.1) is 5.92 Å². The topological polar surface area (TPSA) is 55.8 Å².